The summed E-state index contributed by atoms with van der Waals surface area (Å²) < 4.78 is 37.4. The number of likely N-dealkylation sites (N-methyl/N-ethyl adjacent to an activating group) is 1. The number of rotatable bonds is 12. The van der Waals surface area contributed by atoms with E-state index in [1.807, 2.05) is 43.4 Å². The molecule has 2 fully saturated rings. The lowest BCUT2D eigenvalue weighted by atomic mass is 9.72. The lowest BCUT2D eigenvalue weighted by Crippen LogP contribution is -2.47. The standard InChI is InChI=1S/C46H51ClN10O6S/c1-46(2)14-12-32(38(25-46)30-4-6-33(47)7-5-30)28-54-16-18-55(19-17-54)34-8-10-37(41(23-34)56-42-22-31-13-15-48-44(31)51-40(42)27-50-56)45(58)52-64(61,62)36-9-11-39(43(24-36)57(59)60)49-26-35-29-53(3)20-21-63-35/h4-11,13,15,22-24,27,35,49-50H,12,14,16-21,25-26,28-29H2,1-3H3,(H,52,58)/t35-/m0/s1. The number of piperazine rings is 1. The van der Waals surface area contributed by atoms with Crippen molar-refractivity contribution in [2.75, 3.05) is 76.2 Å². The number of ether oxygens (including phenoxy) is 1. The van der Waals surface area contributed by atoms with Gasteiger partial charge >= 0.3 is 0 Å². The van der Waals surface area contributed by atoms with Crippen LogP contribution in [0.5, 0.6) is 0 Å². The first-order valence-electron chi connectivity index (χ1n) is 21.5. The van der Waals surface area contributed by atoms with Crippen LogP contribution >= 0.6 is 11.6 Å². The van der Waals surface area contributed by atoms with Gasteiger partial charge in [0.05, 0.1) is 39.3 Å². The zero-order chi connectivity index (χ0) is 44.8. The van der Waals surface area contributed by atoms with E-state index in [-0.39, 0.29) is 22.8 Å². The van der Waals surface area contributed by atoms with Crippen molar-refractivity contribution < 1.29 is 22.9 Å². The minimum atomic E-state index is -4.58. The topological polar surface area (TPSA) is 184 Å². The average Bonchev–Trinajstić information content (AvgIpc) is 3.92. The fourth-order valence-corrected chi connectivity index (χ4v) is 10.1. The van der Waals surface area contributed by atoms with E-state index in [0.717, 1.165) is 80.7 Å². The van der Waals surface area contributed by atoms with Crippen molar-refractivity contribution in [1.29, 1.82) is 0 Å². The molecule has 0 saturated carbocycles. The molecule has 1 amide bonds. The molecule has 16 nitrogen and oxygen atoms in total. The van der Waals surface area contributed by atoms with Crippen LogP contribution in [0.1, 0.15) is 49.0 Å². The molecule has 5 heterocycles. The van der Waals surface area contributed by atoms with Crippen molar-refractivity contribution in [3.63, 3.8) is 0 Å². The highest BCUT2D eigenvalue weighted by atomic mass is 35.5. The molecule has 3 N–H and O–H groups in total. The Morgan fingerprint density at radius 3 is 2.59 bits per heavy atom. The maximum Gasteiger partial charge on any atom is 0.293 e. The first kappa shape index (κ1) is 43.4. The van der Waals surface area contributed by atoms with Crippen molar-refractivity contribution in [3.05, 3.63) is 117 Å². The van der Waals surface area contributed by atoms with Gasteiger partial charge in [0.15, 0.2) is 5.65 Å². The maximum atomic E-state index is 14.2. The number of allylic oxidation sites excluding steroid dienone is 1. The predicted molar refractivity (Wildman–Crippen MR) is 249 cm³/mol. The number of anilines is 2. The highest BCUT2D eigenvalue weighted by Gasteiger charge is 2.31. The molecule has 2 aliphatic heterocycles. The third-order valence-corrected chi connectivity index (χ3v) is 14.2. The molecule has 1 atom stereocenters. The molecule has 0 radical (unpaired) electrons. The number of amides is 1. The number of nitrogens with one attached hydrogen (secondary N) is 3. The van der Waals surface area contributed by atoms with E-state index < -0.39 is 31.4 Å². The Kier molecular flexibility index (Phi) is 11.9. The smallest absolute Gasteiger partial charge is 0.293 e. The highest BCUT2D eigenvalue weighted by Crippen LogP contribution is 2.43. The van der Waals surface area contributed by atoms with Gasteiger partial charge in [0.2, 0.25) is 0 Å². The van der Waals surface area contributed by atoms with E-state index in [4.69, 9.17) is 16.3 Å². The number of aromatic nitrogens is 4. The summed E-state index contributed by atoms with van der Waals surface area (Å²) in [5.74, 6) is -0.908. The predicted octanol–water partition coefficient (Wildman–Crippen LogP) is 7.11. The third kappa shape index (κ3) is 9.21. The molecule has 334 valence electrons. The molecule has 0 bridgehead atoms. The Hall–Kier alpha value is -5.85. The molecule has 3 aliphatic rings. The molecule has 1 aliphatic carbocycles. The average molecular weight is 907 g/mol. The molecule has 9 rings (SSSR count). The summed E-state index contributed by atoms with van der Waals surface area (Å²) >= 11 is 6.26. The molecule has 3 aromatic heterocycles. The lowest BCUT2D eigenvalue weighted by molar-refractivity contribution is -0.384. The van der Waals surface area contributed by atoms with Gasteiger partial charge in [-0.05, 0) is 97.5 Å². The maximum absolute atomic E-state index is 14.2. The fraction of sp³-hybridized carbons (Fsp3) is 0.370. The van der Waals surface area contributed by atoms with Gasteiger partial charge in [0.1, 0.15) is 11.2 Å². The van der Waals surface area contributed by atoms with E-state index in [2.05, 4.69) is 65.8 Å². The zero-order valence-corrected chi connectivity index (χ0v) is 37.6. The zero-order valence-electron chi connectivity index (χ0n) is 36.0. The molecule has 0 spiro atoms. The van der Waals surface area contributed by atoms with Crippen LogP contribution in [0, 0.1) is 15.5 Å². The summed E-state index contributed by atoms with van der Waals surface area (Å²) in [4.78, 5) is 41.2. The molecule has 0 unspecified atom stereocenters. The monoisotopic (exact) mass is 906 g/mol. The fourth-order valence-electron chi connectivity index (χ4n) is 9.04. The van der Waals surface area contributed by atoms with Gasteiger partial charge in [-0.2, -0.15) is 0 Å². The van der Waals surface area contributed by atoms with Gasteiger partial charge in [0, 0.05) is 86.9 Å². The van der Waals surface area contributed by atoms with E-state index in [9.17, 15) is 23.3 Å². The Morgan fingerprint density at radius 2 is 1.83 bits per heavy atom. The normalized spacial score (nSPS) is 18.8. The number of carbonyl (C=O) groups excluding carboxylic acids is 1. The molecule has 2 saturated heterocycles. The molecular weight excluding hydrogens is 856 g/mol. The largest absolute Gasteiger partial charge is 0.377 e. The number of nitro benzene ring substituents is 1. The second-order valence-corrected chi connectivity index (χ2v) is 19.9. The van der Waals surface area contributed by atoms with Gasteiger partial charge in [-0.15, -0.1) is 0 Å². The number of morpholine rings is 1. The van der Waals surface area contributed by atoms with Gasteiger partial charge in [-0.3, -0.25) is 29.6 Å². The summed E-state index contributed by atoms with van der Waals surface area (Å²) in [5.41, 5.74) is 7.19. The van der Waals surface area contributed by atoms with Gasteiger partial charge < -0.3 is 19.9 Å². The minimum absolute atomic E-state index is 0.0626. The summed E-state index contributed by atoms with van der Waals surface area (Å²) in [6.45, 7) is 11.0. The van der Waals surface area contributed by atoms with Crippen molar-refractivity contribution in [2.45, 2.75) is 44.1 Å². The quantitative estimate of drug-likeness (QED) is 0.0837. The Bertz CT molecular complexity index is 2890. The van der Waals surface area contributed by atoms with Gasteiger partial charge in [-0.1, -0.05) is 43.2 Å². The van der Waals surface area contributed by atoms with Crippen molar-refractivity contribution in [1.82, 2.24) is 34.3 Å². The summed E-state index contributed by atoms with van der Waals surface area (Å²) in [6, 6.07) is 20.8. The van der Waals surface area contributed by atoms with Crippen molar-refractivity contribution in [2.24, 2.45) is 5.41 Å². The van der Waals surface area contributed by atoms with Gasteiger partial charge in [-0.25, -0.2) is 23.1 Å². The van der Waals surface area contributed by atoms with Crippen molar-refractivity contribution >= 4 is 72.2 Å². The summed E-state index contributed by atoms with van der Waals surface area (Å²) in [6.07, 6.45) is 6.38. The number of pyridine rings is 1. The Balaban J connectivity index is 0.972. The number of hydrogen-bond donors (Lipinski definition) is 3. The van der Waals surface area contributed by atoms with Crippen LogP contribution in [0.3, 0.4) is 0 Å². The third-order valence-electron chi connectivity index (χ3n) is 12.6. The van der Waals surface area contributed by atoms with E-state index in [1.54, 1.807) is 23.1 Å². The van der Waals surface area contributed by atoms with Crippen LogP contribution < -0.4 is 14.9 Å². The number of aromatic amines is 1. The minimum Gasteiger partial charge on any atom is -0.377 e. The van der Waals surface area contributed by atoms with Crippen LogP contribution in [-0.4, -0.2) is 121 Å². The summed E-state index contributed by atoms with van der Waals surface area (Å²) in [7, 11) is -2.61. The molecule has 18 heteroatoms. The molecular formula is C46H51ClN10O6S. The number of H-pyrrole nitrogens is 1. The number of nitrogens with zero attached hydrogens (tertiary/aromatic N) is 7. The van der Waals surface area contributed by atoms with Crippen LogP contribution in [0.25, 0.3) is 33.3 Å². The first-order chi connectivity index (χ1) is 30.7. The second kappa shape index (κ2) is 17.6. The van der Waals surface area contributed by atoms with Crippen LogP contribution in [0.15, 0.2) is 95.7 Å². The Morgan fingerprint density at radius 1 is 1.03 bits per heavy atom. The number of nitro groups is 1. The highest BCUT2D eigenvalue weighted by molar-refractivity contribution is 7.90. The number of halogens is 1. The molecule has 64 heavy (non-hydrogen) atoms. The lowest BCUT2D eigenvalue weighted by Gasteiger charge is -2.39. The summed E-state index contributed by atoms with van der Waals surface area (Å²) in [5, 5.41) is 20.0. The van der Waals surface area contributed by atoms with Crippen LogP contribution in [0.2, 0.25) is 5.02 Å². The van der Waals surface area contributed by atoms with Crippen LogP contribution in [-0.2, 0) is 14.8 Å². The number of benzene rings is 3. The van der Waals surface area contributed by atoms with Crippen molar-refractivity contribution in [3.8, 4) is 5.69 Å². The number of hydrogen-bond acceptors (Lipinski definition) is 12. The second-order valence-electron chi connectivity index (χ2n) is 17.8. The molecule has 6 aromatic rings. The van der Waals surface area contributed by atoms with E-state index in [1.165, 1.54) is 28.8 Å². The first-order valence-corrected chi connectivity index (χ1v) is 23.4. The van der Waals surface area contributed by atoms with Gasteiger partial charge in [0.25, 0.3) is 21.6 Å². The van der Waals surface area contributed by atoms with Crippen LogP contribution in [0.4, 0.5) is 17.1 Å². The SMILES string of the molecule is CN1CCO[C@@H](CNc2ccc(S(=O)(=O)NC(=O)c3ccc(N4CCN(CC5=C(c6ccc(Cl)cc6)CC(C)(C)CC5)CC4)cc3-n3[nH]cc4nc5nccc5cc43)cc2[N+](=O)[O-])C1. The number of carbonyl (C=O) groups is 1. The number of sulfonamides is 1. The Labute approximate surface area is 376 Å². The molecule has 3 aromatic carbocycles. The van der Waals surface area contributed by atoms with E-state index >= 15 is 0 Å². The van der Waals surface area contributed by atoms with E-state index in [0.29, 0.717) is 42.1 Å². The number of fused-ring (bicyclic) bond motifs is 2.